The highest BCUT2D eigenvalue weighted by molar-refractivity contribution is 9.10. The first kappa shape index (κ1) is 27.8. The van der Waals surface area contributed by atoms with Crippen molar-refractivity contribution in [2.45, 2.75) is 13.2 Å². The molecule has 0 spiro atoms. The summed E-state index contributed by atoms with van der Waals surface area (Å²) in [7, 11) is 1.53. The normalized spacial score (nSPS) is 10.9. The Morgan fingerprint density at radius 2 is 1.67 bits per heavy atom. The molecule has 0 bridgehead atoms. The number of carbonyl (C=O) groups excluding carboxylic acids is 1. The van der Waals surface area contributed by atoms with E-state index in [2.05, 4.69) is 21.2 Å². The fourth-order valence-corrected chi connectivity index (χ4v) is 4.05. The molecule has 1 N–H and O–H groups in total. The minimum absolute atomic E-state index is 0.0554. The third-order valence-corrected chi connectivity index (χ3v) is 6.34. The Morgan fingerprint density at radius 3 is 2.36 bits per heavy atom. The molecule has 196 valence electrons. The van der Waals surface area contributed by atoms with Gasteiger partial charge in [-0.05, 0) is 83.4 Å². The molecule has 0 aliphatic rings. The van der Waals surface area contributed by atoms with Crippen LogP contribution in [0.2, 0.25) is 5.02 Å². The molecule has 8 heteroatoms. The molecule has 0 saturated heterocycles. The molecule has 0 aliphatic carbocycles. The van der Waals surface area contributed by atoms with E-state index in [9.17, 15) is 10.1 Å². The predicted molar refractivity (Wildman–Crippen MR) is 156 cm³/mol. The molecule has 0 radical (unpaired) electrons. The van der Waals surface area contributed by atoms with Crippen molar-refractivity contribution >= 4 is 45.2 Å². The number of nitriles is 1. The summed E-state index contributed by atoms with van der Waals surface area (Å²) in [5.41, 5.74) is 3.06. The highest BCUT2D eigenvalue weighted by atomic mass is 79.9. The number of hydrogen-bond acceptors (Lipinski definition) is 5. The van der Waals surface area contributed by atoms with Gasteiger partial charge in [0.15, 0.2) is 11.5 Å². The van der Waals surface area contributed by atoms with Gasteiger partial charge in [0.25, 0.3) is 5.91 Å². The van der Waals surface area contributed by atoms with Gasteiger partial charge in [0, 0.05) is 15.2 Å². The van der Waals surface area contributed by atoms with Gasteiger partial charge in [-0.15, -0.1) is 0 Å². The van der Waals surface area contributed by atoms with Crippen molar-refractivity contribution in [1.29, 1.82) is 5.26 Å². The molecule has 0 unspecified atom stereocenters. The van der Waals surface area contributed by atoms with Crippen molar-refractivity contribution in [3.63, 3.8) is 0 Å². The number of halogens is 2. The van der Waals surface area contributed by atoms with Gasteiger partial charge < -0.3 is 19.5 Å². The number of hydrogen-bond donors (Lipinski definition) is 1. The van der Waals surface area contributed by atoms with Crippen LogP contribution in [-0.2, 0) is 18.0 Å². The van der Waals surface area contributed by atoms with Crippen LogP contribution in [0, 0.1) is 11.3 Å². The number of amides is 1. The number of rotatable bonds is 10. The zero-order valence-corrected chi connectivity index (χ0v) is 23.3. The third-order valence-electron chi connectivity index (χ3n) is 5.58. The molecule has 0 atom stereocenters. The second kappa shape index (κ2) is 13.5. The lowest BCUT2D eigenvalue weighted by Gasteiger charge is -2.12. The van der Waals surface area contributed by atoms with E-state index in [1.54, 1.807) is 48.5 Å². The summed E-state index contributed by atoms with van der Waals surface area (Å²) in [6.07, 6.45) is 1.49. The SMILES string of the molecule is COc1cc(/C=C(\C#N)C(=O)Nc2ccc(OCc3ccc(Br)cc3)cc2)ccc1OCc1cccc(Cl)c1. The smallest absolute Gasteiger partial charge is 0.266 e. The van der Waals surface area contributed by atoms with Crippen molar-refractivity contribution in [3.05, 3.63) is 123 Å². The van der Waals surface area contributed by atoms with Crippen LogP contribution in [-0.4, -0.2) is 13.0 Å². The summed E-state index contributed by atoms with van der Waals surface area (Å²) >= 11 is 9.45. The lowest BCUT2D eigenvalue weighted by Crippen LogP contribution is -2.13. The Labute approximate surface area is 240 Å². The minimum Gasteiger partial charge on any atom is -0.493 e. The number of anilines is 1. The van der Waals surface area contributed by atoms with Gasteiger partial charge in [-0.3, -0.25) is 4.79 Å². The quantitative estimate of drug-likeness (QED) is 0.148. The van der Waals surface area contributed by atoms with E-state index in [4.69, 9.17) is 25.8 Å². The van der Waals surface area contributed by atoms with Crippen molar-refractivity contribution in [1.82, 2.24) is 0 Å². The minimum atomic E-state index is -0.527. The first-order chi connectivity index (χ1) is 18.9. The molecule has 39 heavy (non-hydrogen) atoms. The van der Waals surface area contributed by atoms with Crippen LogP contribution >= 0.6 is 27.5 Å². The summed E-state index contributed by atoms with van der Waals surface area (Å²) in [5.74, 6) is 1.14. The van der Waals surface area contributed by atoms with Gasteiger partial charge in [0.2, 0.25) is 0 Å². The maximum absolute atomic E-state index is 12.8. The number of ether oxygens (including phenoxy) is 3. The summed E-state index contributed by atoms with van der Waals surface area (Å²) in [4.78, 5) is 12.8. The Hall–Kier alpha value is -4.25. The average Bonchev–Trinajstić information content (AvgIpc) is 2.95. The van der Waals surface area contributed by atoms with Crippen LogP contribution in [0.3, 0.4) is 0 Å². The summed E-state index contributed by atoms with van der Waals surface area (Å²) in [6, 6.07) is 29.4. The Morgan fingerprint density at radius 1 is 0.923 bits per heavy atom. The van der Waals surface area contributed by atoms with Gasteiger partial charge in [0.05, 0.1) is 7.11 Å². The average molecular weight is 604 g/mol. The van der Waals surface area contributed by atoms with E-state index in [0.717, 1.165) is 15.6 Å². The second-order valence-electron chi connectivity index (χ2n) is 8.39. The van der Waals surface area contributed by atoms with Crippen LogP contribution < -0.4 is 19.5 Å². The van der Waals surface area contributed by atoms with Crippen LogP contribution in [0.4, 0.5) is 5.69 Å². The number of nitrogens with zero attached hydrogens (tertiary/aromatic N) is 1. The molecule has 4 aromatic carbocycles. The van der Waals surface area contributed by atoms with E-state index in [-0.39, 0.29) is 5.57 Å². The second-order valence-corrected chi connectivity index (χ2v) is 9.74. The molecule has 0 fully saturated rings. The molecular formula is C31H24BrClN2O4. The van der Waals surface area contributed by atoms with Crippen molar-refractivity contribution in [2.75, 3.05) is 12.4 Å². The van der Waals surface area contributed by atoms with E-state index < -0.39 is 5.91 Å². The van der Waals surface area contributed by atoms with Crippen LogP contribution in [0.1, 0.15) is 16.7 Å². The number of benzene rings is 4. The van der Waals surface area contributed by atoms with Crippen LogP contribution in [0.15, 0.2) is 101 Å². The molecule has 0 aromatic heterocycles. The van der Waals surface area contributed by atoms with E-state index >= 15 is 0 Å². The zero-order valence-electron chi connectivity index (χ0n) is 21.0. The van der Waals surface area contributed by atoms with Gasteiger partial charge in [-0.25, -0.2) is 0 Å². The Bertz CT molecular complexity index is 1510. The van der Waals surface area contributed by atoms with Gasteiger partial charge in [-0.1, -0.05) is 57.9 Å². The van der Waals surface area contributed by atoms with Crippen LogP contribution in [0.25, 0.3) is 6.08 Å². The molecule has 0 heterocycles. The predicted octanol–water partition coefficient (Wildman–Crippen LogP) is 7.81. The van der Waals surface area contributed by atoms with Crippen molar-refractivity contribution < 1.29 is 19.0 Å². The number of methoxy groups -OCH3 is 1. The summed E-state index contributed by atoms with van der Waals surface area (Å²) < 4.78 is 18.1. The molecule has 4 rings (SSSR count). The maximum Gasteiger partial charge on any atom is 0.266 e. The molecule has 1 amide bonds. The highest BCUT2D eigenvalue weighted by Gasteiger charge is 2.12. The van der Waals surface area contributed by atoms with Gasteiger partial charge >= 0.3 is 0 Å². The van der Waals surface area contributed by atoms with Crippen molar-refractivity contribution in [3.8, 4) is 23.3 Å². The lowest BCUT2D eigenvalue weighted by atomic mass is 10.1. The number of nitrogens with one attached hydrogen (secondary N) is 1. The highest BCUT2D eigenvalue weighted by Crippen LogP contribution is 2.30. The standard InChI is InChI=1S/C31H24BrClN2O4/c1-37-30-17-22(7-14-29(30)39-20-23-3-2-4-26(33)16-23)15-24(18-34)31(36)35-27-10-12-28(13-11-27)38-19-21-5-8-25(32)9-6-21/h2-17H,19-20H2,1H3,(H,35,36)/b24-15+. The van der Waals surface area contributed by atoms with E-state index in [1.165, 1.54) is 13.2 Å². The largest absolute Gasteiger partial charge is 0.493 e. The Kier molecular flexibility index (Phi) is 9.63. The first-order valence-electron chi connectivity index (χ1n) is 11.9. The molecule has 6 nitrogen and oxygen atoms in total. The zero-order chi connectivity index (χ0) is 27.6. The molecule has 4 aromatic rings. The topological polar surface area (TPSA) is 80.6 Å². The Balaban J connectivity index is 1.37. The summed E-state index contributed by atoms with van der Waals surface area (Å²) in [5, 5.41) is 13.0. The van der Waals surface area contributed by atoms with Crippen molar-refractivity contribution in [2.24, 2.45) is 0 Å². The van der Waals surface area contributed by atoms with Crippen LogP contribution in [0.5, 0.6) is 17.2 Å². The summed E-state index contributed by atoms with van der Waals surface area (Å²) in [6.45, 7) is 0.736. The third kappa shape index (κ3) is 8.11. The molecule has 0 aliphatic heterocycles. The lowest BCUT2D eigenvalue weighted by molar-refractivity contribution is -0.112. The first-order valence-corrected chi connectivity index (χ1v) is 13.1. The van der Waals surface area contributed by atoms with E-state index in [0.29, 0.717) is 46.7 Å². The van der Waals surface area contributed by atoms with Gasteiger partial charge in [0.1, 0.15) is 30.6 Å². The monoisotopic (exact) mass is 602 g/mol. The fourth-order valence-electron chi connectivity index (χ4n) is 3.58. The molecule has 0 saturated carbocycles. The fraction of sp³-hybridized carbons (Fsp3) is 0.0968. The van der Waals surface area contributed by atoms with E-state index in [1.807, 2.05) is 48.5 Å². The maximum atomic E-state index is 12.8. The molecular weight excluding hydrogens is 580 g/mol. The number of carbonyl (C=O) groups is 1. The van der Waals surface area contributed by atoms with Gasteiger partial charge in [-0.2, -0.15) is 5.26 Å².